The van der Waals surface area contributed by atoms with E-state index in [0.717, 1.165) is 27.5 Å². The third kappa shape index (κ3) is 2.65. The highest BCUT2D eigenvalue weighted by Crippen LogP contribution is 2.14. The highest BCUT2D eigenvalue weighted by molar-refractivity contribution is 5.88. The first-order valence-corrected chi connectivity index (χ1v) is 7.56. The van der Waals surface area contributed by atoms with Gasteiger partial charge in [0.25, 0.3) is 5.56 Å². The summed E-state index contributed by atoms with van der Waals surface area (Å²) in [6, 6.07) is 15.4. The average molecular weight is 317 g/mol. The summed E-state index contributed by atoms with van der Waals surface area (Å²) < 4.78 is 0. The summed E-state index contributed by atoms with van der Waals surface area (Å²) in [6.45, 7) is 2.02. The van der Waals surface area contributed by atoms with Gasteiger partial charge in [-0.2, -0.15) is 5.10 Å². The van der Waals surface area contributed by atoms with E-state index in [1.807, 2.05) is 55.5 Å². The van der Waals surface area contributed by atoms with Crippen molar-refractivity contribution >= 4 is 34.1 Å². The number of para-hydroxylation sites is 2. The van der Waals surface area contributed by atoms with Crippen LogP contribution in [0.4, 0.5) is 5.95 Å². The molecule has 3 N–H and O–H groups in total. The van der Waals surface area contributed by atoms with Gasteiger partial charge in [-0.15, -0.1) is 0 Å². The molecule has 2 heterocycles. The number of imidazole rings is 1. The van der Waals surface area contributed by atoms with Gasteiger partial charge in [-0.25, -0.2) is 10.4 Å². The standard InChI is InChI=1S/C18H15N5O/c1-11-6-7-14-12(8-11)9-13(17(24)20-14)10-19-23-18-21-15-4-2-3-5-16(15)22-18/h2-10H,1H3,(H,20,24)(H2,21,22,23)/b19-10-. The summed E-state index contributed by atoms with van der Waals surface area (Å²) in [5.41, 5.74) is 6.85. The molecule has 0 saturated carbocycles. The molecule has 0 amide bonds. The number of hydrogen-bond donors (Lipinski definition) is 3. The van der Waals surface area contributed by atoms with Crippen LogP contribution in [0, 0.1) is 6.92 Å². The summed E-state index contributed by atoms with van der Waals surface area (Å²) >= 11 is 0. The summed E-state index contributed by atoms with van der Waals surface area (Å²) in [4.78, 5) is 22.4. The molecule has 0 radical (unpaired) electrons. The van der Waals surface area contributed by atoms with Crippen LogP contribution in [-0.2, 0) is 0 Å². The minimum atomic E-state index is -0.179. The molecular weight excluding hydrogens is 302 g/mol. The molecule has 0 atom stereocenters. The minimum Gasteiger partial charge on any atom is -0.323 e. The molecule has 0 fully saturated rings. The molecule has 0 aliphatic heterocycles. The van der Waals surface area contributed by atoms with Crippen molar-refractivity contribution in [2.45, 2.75) is 6.92 Å². The summed E-state index contributed by atoms with van der Waals surface area (Å²) in [5.74, 6) is 0.528. The van der Waals surface area contributed by atoms with Gasteiger partial charge in [-0.3, -0.25) is 4.79 Å². The van der Waals surface area contributed by atoms with Gasteiger partial charge in [0.2, 0.25) is 5.95 Å². The fourth-order valence-electron chi connectivity index (χ4n) is 2.61. The Bertz CT molecular complexity index is 1090. The first-order valence-electron chi connectivity index (χ1n) is 7.56. The van der Waals surface area contributed by atoms with Gasteiger partial charge in [-0.1, -0.05) is 23.8 Å². The number of benzene rings is 2. The molecule has 0 unspecified atom stereocenters. The van der Waals surface area contributed by atoms with Crippen molar-refractivity contribution in [1.82, 2.24) is 15.0 Å². The Morgan fingerprint density at radius 1 is 1.08 bits per heavy atom. The van der Waals surface area contributed by atoms with Crippen molar-refractivity contribution < 1.29 is 0 Å². The Balaban J connectivity index is 1.62. The van der Waals surface area contributed by atoms with E-state index in [1.165, 1.54) is 6.21 Å². The van der Waals surface area contributed by atoms with E-state index in [4.69, 9.17) is 0 Å². The van der Waals surface area contributed by atoms with Crippen molar-refractivity contribution in [3.63, 3.8) is 0 Å². The lowest BCUT2D eigenvalue weighted by Gasteiger charge is -2.01. The second kappa shape index (κ2) is 5.66. The second-order valence-electron chi connectivity index (χ2n) is 5.62. The van der Waals surface area contributed by atoms with E-state index in [-0.39, 0.29) is 5.56 Å². The normalized spacial score (nSPS) is 11.5. The first-order chi connectivity index (χ1) is 11.7. The van der Waals surface area contributed by atoms with E-state index >= 15 is 0 Å². The third-order valence-corrected chi connectivity index (χ3v) is 3.79. The lowest BCUT2D eigenvalue weighted by Crippen LogP contribution is -2.12. The van der Waals surface area contributed by atoms with Crippen molar-refractivity contribution in [1.29, 1.82) is 0 Å². The molecule has 4 aromatic rings. The summed E-state index contributed by atoms with van der Waals surface area (Å²) in [5, 5.41) is 5.08. The molecule has 0 aliphatic rings. The second-order valence-corrected chi connectivity index (χ2v) is 5.62. The average Bonchev–Trinajstić information content (AvgIpc) is 2.98. The number of fused-ring (bicyclic) bond motifs is 2. The monoisotopic (exact) mass is 317 g/mol. The highest BCUT2D eigenvalue weighted by atomic mass is 16.1. The molecule has 0 aliphatic carbocycles. The molecule has 6 heteroatoms. The summed E-state index contributed by atoms with van der Waals surface area (Å²) in [7, 11) is 0. The first kappa shape index (κ1) is 14.2. The van der Waals surface area contributed by atoms with Crippen molar-refractivity contribution in [3.05, 3.63) is 70.0 Å². The summed E-state index contributed by atoms with van der Waals surface area (Å²) in [6.07, 6.45) is 1.49. The van der Waals surface area contributed by atoms with Gasteiger partial charge < -0.3 is 9.97 Å². The van der Waals surface area contributed by atoms with Gasteiger partial charge in [0.05, 0.1) is 22.8 Å². The fourth-order valence-corrected chi connectivity index (χ4v) is 2.61. The van der Waals surface area contributed by atoms with Crippen molar-refractivity contribution in [2.24, 2.45) is 5.10 Å². The number of H-pyrrole nitrogens is 2. The van der Waals surface area contributed by atoms with E-state index in [1.54, 1.807) is 0 Å². The minimum absolute atomic E-state index is 0.179. The molecule has 0 saturated heterocycles. The molecular formula is C18H15N5O. The molecule has 0 spiro atoms. The van der Waals surface area contributed by atoms with Crippen LogP contribution >= 0.6 is 0 Å². The van der Waals surface area contributed by atoms with Crippen molar-refractivity contribution in [2.75, 3.05) is 5.43 Å². The number of nitrogens with zero attached hydrogens (tertiary/aromatic N) is 2. The Kier molecular flexibility index (Phi) is 3.35. The van der Waals surface area contributed by atoms with Gasteiger partial charge in [0.1, 0.15) is 0 Å². The van der Waals surface area contributed by atoms with Crippen molar-refractivity contribution in [3.8, 4) is 0 Å². The smallest absolute Gasteiger partial charge is 0.257 e. The maximum Gasteiger partial charge on any atom is 0.257 e. The molecule has 6 nitrogen and oxygen atoms in total. The quantitative estimate of drug-likeness (QED) is 0.401. The number of aromatic amines is 2. The number of pyridine rings is 1. The van der Waals surface area contributed by atoms with Crippen LogP contribution in [0.25, 0.3) is 21.9 Å². The number of nitrogens with one attached hydrogen (secondary N) is 3. The zero-order valence-electron chi connectivity index (χ0n) is 13.0. The molecule has 2 aromatic carbocycles. The van der Waals surface area contributed by atoms with Crippen LogP contribution in [0.15, 0.2) is 58.4 Å². The molecule has 0 bridgehead atoms. The third-order valence-electron chi connectivity index (χ3n) is 3.79. The lowest BCUT2D eigenvalue weighted by molar-refractivity contribution is 1.21. The van der Waals surface area contributed by atoms with Gasteiger partial charge in [0, 0.05) is 5.52 Å². The molecule has 4 rings (SSSR count). The van der Waals surface area contributed by atoms with E-state index < -0.39 is 0 Å². The Labute approximate surface area is 137 Å². The largest absolute Gasteiger partial charge is 0.323 e. The SMILES string of the molecule is Cc1ccc2[nH]c(=O)c(/C=N\Nc3nc4ccccc4[nH]3)cc2c1. The van der Waals surface area contributed by atoms with Gasteiger partial charge in [-0.05, 0) is 42.6 Å². The Morgan fingerprint density at radius 3 is 2.83 bits per heavy atom. The van der Waals surface area contributed by atoms with Crippen LogP contribution in [0.3, 0.4) is 0 Å². The van der Waals surface area contributed by atoms with Gasteiger partial charge in [0.15, 0.2) is 0 Å². The zero-order valence-corrected chi connectivity index (χ0v) is 13.0. The highest BCUT2D eigenvalue weighted by Gasteiger charge is 2.02. The van der Waals surface area contributed by atoms with Crippen LogP contribution in [0.2, 0.25) is 0 Å². The number of aryl methyl sites for hydroxylation is 1. The number of hydrazone groups is 1. The number of hydrogen-bond acceptors (Lipinski definition) is 4. The van der Waals surface area contributed by atoms with E-state index in [9.17, 15) is 4.79 Å². The zero-order chi connectivity index (χ0) is 16.5. The maximum atomic E-state index is 12.1. The van der Waals surface area contributed by atoms with E-state index in [0.29, 0.717) is 11.5 Å². The number of anilines is 1. The molecule has 24 heavy (non-hydrogen) atoms. The number of rotatable bonds is 3. The van der Waals surface area contributed by atoms with Crippen LogP contribution in [0.1, 0.15) is 11.1 Å². The predicted molar refractivity (Wildman–Crippen MR) is 96.6 cm³/mol. The van der Waals surface area contributed by atoms with Crippen LogP contribution < -0.4 is 11.0 Å². The predicted octanol–water partition coefficient (Wildman–Crippen LogP) is 3.16. The van der Waals surface area contributed by atoms with Gasteiger partial charge >= 0.3 is 0 Å². The van der Waals surface area contributed by atoms with E-state index in [2.05, 4.69) is 25.5 Å². The van der Waals surface area contributed by atoms with Crippen LogP contribution in [-0.4, -0.2) is 21.2 Å². The molecule has 2 aromatic heterocycles. The maximum absolute atomic E-state index is 12.1. The fraction of sp³-hybridized carbons (Fsp3) is 0.0556. The topological polar surface area (TPSA) is 85.9 Å². The Hall–Kier alpha value is -3.41. The number of aromatic nitrogens is 3. The Morgan fingerprint density at radius 2 is 1.96 bits per heavy atom. The molecule has 118 valence electrons. The lowest BCUT2D eigenvalue weighted by atomic mass is 10.1. The van der Waals surface area contributed by atoms with Crippen LogP contribution in [0.5, 0.6) is 0 Å².